The Morgan fingerprint density at radius 3 is 2.68 bits per heavy atom. The number of nitrogens with one attached hydrogen (secondary N) is 1. The van der Waals surface area contributed by atoms with E-state index < -0.39 is 30.3 Å². The van der Waals surface area contributed by atoms with Crippen LogP contribution in [0.2, 0.25) is 5.15 Å². The third kappa shape index (κ3) is 4.97. The number of pyridine rings is 2. The van der Waals surface area contributed by atoms with E-state index in [1.165, 1.54) is 36.1 Å². The van der Waals surface area contributed by atoms with Crippen molar-refractivity contribution in [3.05, 3.63) is 93.4 Å². The number of amides is 2. The lowest BCUT2D eigenvalue weighted by molar-refractivity contribution is -0.135. The predicted molar refractivity (Wildman–Crippen MR) is 146 cm³/mol. The molecule has 0 bridgehead atoms. The van der Waals surface area contributed by atoms with Gasteiger partial charge in [0, 0.05) is 30.8 Å². The number of aromatic carboxylic acids is 1. The Morgan fingerprint density at radius 2 is 1.95 bits per heavy atom. The molecule has 1 saturated carbocycles. The lowest BCUT2D eigenvalue weighted by atomic mass is 9.92. The molecule has 1 atom stereocenters. The van der Waals surface area contributed by atoms with Crippen LogP contribution in [0, 0.1) is 12.7 Å². The highest BCUT2D eigenvalue weighted by atomic mass is 35.5. The van der Waals surface area contributed by atoms with Gasteiger partial charge >= 0.3 is 5.97 Å². The summed E-state index contributed by atoms with van der Waals surface area (Å²) in [6.07, 6.45) is 4.09. The molecule has 2 N–H and O–H groups in total. The Kier molecular flexibility index (Phi) is 6.82. The fraction of sp³-hybridized carbons (Fsp3) is 0.276. The molecule has 2 amide bonds. The molecular formula is C29H25ClFN5O5. The number of carboxylic acids is 1. The number of hydrogen-bond donors (Lipinski definition) is 2. The van der Waals surface area contributed by atoms with E-state index in [0.717, 1.165) is 18.5 Å². The normalized spacial score (nSPS) is 16.4. The van der Waals surface area contributed by atoms with Gasteiger partial charge < -0.3 is 24.5 Å². The first-order valence-corrected chi connectivity index (χ1v) is 13.5. The van der Waals surface area contributed by atoms with Crippen molar-refractivity contribution in [3.63, 3.8) is 0 Å². The van der Waals surface area contributed by atoms with Crippen LogP contribution >= 0.6 is 11.6 Å². The molecule has 1 unspecified atom stereocenters. The number of ether oxygens (including phenoxy) is 1. The Bertz CT molecular complexity index is 1720. The van der Waals surface area contributed by atoms with Crippen LogP contribution in [-0.4, -0.2) is 61.4 Å². The van der Waals surface area contributed by atoms with Gasteiger partial charge in [-0.15, -0.1) is 0 Å². The van der Waals surface area contributed by atoms with Crippen molar-refractivity contribution in [2.75, 3.05) is 13.2 Å². The maximum atomic E-state index is 15.8. The largest absolute Gasteiger partial charge is 0.481 e. The van der Waals surface area contributed by atoms with Crippen molar-refractivity contribution < 1.29 is 28.6 Å². The average Bonchev–Trinajstić information content (AvgIpc) is 3.69. The summed E-state index contributed by atoms with van der Waals surface area (Å²) in [5, 5.41) is 12.3. The smallest absolute Gasteiger partial charge is 0.336 e. The maximum absolute atomic E-state index is 15.8. The predicted octanol–water partition coefficient (Wildman–Crippen LogP) is 3.97. The molecule has 12 heteroatoms. The number of rotatable bonds is 7. The van der Waals surface area contributed by atoms with E-state index in [1.807, 2.05) is 22.6 Å². The van der Waals surface area contributed by atoms with Gasteiger partial charge in [0.1, 0.15) is 23.2 Å². The number of benzene rings is 1. The minimum atomic E-state index is -1.24. The minimum Gasteiger partial charge on any atom is -0.481 e. The average molecular weight is 578 g/mol. The van der Waals surface area contributed by atoms with Crippen LogP contribution in [0.25, 0.3) is 5.65 Å². The fourth-order valence-electron chi connectivity index (χ4n) is 5.14. The van der Waals surface area contributed by atoms with Gasteiger partial charge in [-0.1, -0.05) is 23.7 Å². The van der Waals surface area contributed by atoms with Crippen molar-refractivity contribution >= 4 is 35.0 Å². The number of imidazole rings is 1. The summed E-state index contributed by atoms with van der Waals surface area (Å²) in [7, 11) is 0. The van der Waals surface area contributed by atoms with E-state index in [4.69, 9.17) is 16.3 Å². The first-order chi connectivity index (χ1) is 19.7. The molecule has 0 saturated heterocycles. The van der Waals surface area contributed by atoms with Gasteiger partial charge in [-0.2, -0.15) is 0 Å². The first kappa shape index (κ1) is 26.7. The van der Waals surface area contributed by atoms with Crippen LogP contribution < -0.4 is 10.1 Å². The number of aromatic nitrogens is 3. The Balaban J connectivity index is 1.31. The van der Waals surface area contributed by atoms with Crippen LogP contribution in [-0.2, 0) is 11.2 Å². The number of carbonyl (C=O) groups is 3. The topological polar surface area (TPSA) is 126 Å². The van der Waals surface area contributed by atoms with E-state index in [9.17, 15) is 19.5 Å². The molecule has 3 aromatic heterocycles. The summed E-state index contributed by atoms with van der Waals surface area (Å²) >= 11 is 6.27. The van der Waals surface area contributed by atoms with Gasteiger partial charge in [0.25, 0.3) is 11.8 Å². The van der Waals surface area contributed by atoms with Crippen LogP contribution in [0.15, 0.2) is 48.7 Å². The molecule has 1 fully saturated rings. The maximum Gasteiger partial charge on any atom is 0.336 e. The standard InChI is InChI=1S/C29H25ClFN5O5/c1-15-17(29(39)40)7-8-18(24(15)31)25-26-19(33-22-4-2-3-12-35(22)26)11-13-36(25)23(37)14-41-21-10-9-20(34-27(21)30)28(38)32-16-5-6-16/h2-4,7-10,12,16,25H,5-6,11,13-14H2,1H3,(H,32,38)(H,39,40). The number of carbonyl (C=O) groups excluding carboxylic acids is 2. The van der Waals surface area contributed by atoms with E-state index in [2.05, 4.69) is 15.3 Å². The zero-order valence-corrected chi connectivity index (χ0v) is 22.7. The molecule has 4 aromatic rings. The highest BCUT2D eigenvalue weighted by molar-refractivity contribution is 6.31. The molecule has 0 spiro atoms. The highest BCUT2D eigenvalue weighted by Crippen LogP contribution is 2.38. The van der Waals surface area contributed by atoms with Crippen LogP contribution in [0.1, 0.15) is 62.2 Å². The number of halogens is 2. The zero-order chi connectivity index (χ0) is 28.8. The highest BCUT2D eigenvalue weighted by Gasteiger charge is 2.38. The third-order valence-corrected chi connectivity index (χ3v) is 7.65. The van der Waals surface area contributed by atoms with Crippen LogP contribution in [0.3, 0.4) is 0 Å². The minimum absolute atomic E-state index is 0.0248. The summed E-state index contributed by atoms with van der Waals surface area (Å²) in [6.45, 7) is 1.21. The van der Waals surface area contributed by atoms with Gasteiger partial charge in [-0.25, -0.2) is 19.2 Å². The van der Waals surface area contributed by atoms with E-state index >= 15 is 4.39 Å². The van der Waals surface area contributed by atoms with Crippen LogP contribution in [0.4, 0.5) is 4.39 Å². The SMILES string of the molecule is Cc1c(C(=O)O)ccc(C2c3c(nc4ccccn34)CCN2C(=O)COc2ccc(C(=O)NC3CC3)nc2Cl)c1F. The summed E-state index contributed by atoms with van der Waals surface area (Å²) in [5.74, 6) is -2.60. The number of fused-ring (bicyclic) bond motifs is 3. The molecule has 2 aliphatic rings. The molecule has 1 aliphatic carbocycles. The fourth-order valence-corrected chi connectivity index (χ4v) is 5.35. The lowest BCUT2D eigenvalue weighted by Crippen LogP contribution is -2.43. The molecule has 6 rings (SSSR count). The molecule has 4 heterocycles. The van der Waals surface area contributed by atoms with Crippen molar-refractivity contribution in [1.29, 1.82) is 0 Å². The van der Waals surface area contributed by atoms with Gasteiger partial charge in [0.15, 0.2) is 17.5 Å². The first-order valence-electron chi connectivity index (χ1n) is 13.1. The van der Waals surface area contributed by atoms with Gasteiger partial charge in [0.2, 0.25) is 0 Å². The van der Waals surface area contributed by atoms with Crippen LogP contribution in [0.5, 0.6) is 5.75 Å². The molecule has 1 aromatic carbocycles. The second-order valence-corrected chi connectivity index (χ2v) is 10.4. The quantitative estimate of drug-likeness (QED) is 0.318. The van der Waals surface area contributed by atoms with Crippen molar-refractivity contribution in [1.82, 2.24) is 24.6 Å². The molecule has 41 heavy (non-hydrogen) atoms. The second kappa shape index (κ2) is 10.5. The van der Waals surface area contributed by atoms with E-state index in [1.54, 1.807) is 6.20 Å². The number of nitrogens with zero attached hydrogens (tertiary/aromatic N) is 4. The Labute approximate surface area is 238 Å². The summed E-state index contributed by atoms with van der Waals surface area (Å²) in [4.78, 5) is 47.8. The van der Waals surface area contributed by atoms with Gasteiger partial charge in [-0.3, -0.25) is 9.59 Å². The third-order valence-electron chi connectivity index (χ3n) is 7.38. The zero-order valence-electron chi connectivity index (χ0n) is 21.9. The summed E-state index contributed by atoms with van der Waals surface area (Å²) in [5.41, 5.74) is 2.10. The van der Waals surface area contributed by atoms with E-state index in [0.29, 0.717) is 17.8 Å². The Hall–Kier alpha value is -4.51. The lowest BCUT2D eigenvalue weighted by Gasteiger charge is -2.36. The summed E-state index contributed by atoms with van der Waals surface area (Å²) < 4.78 is 23.3. The molecule has 0 radical (unpaired) electrons. The monoisotopic (exact) mass is 577 g/mol. The molecular weight excluding hydrogens is 553 g/mol. The van der Waals surface area contributed by atoms with Crippen molar-refractivity contribution in [3.8, 4) is 5.75 Å². The molecule has 1 aliphatic heterocycles. The van der Waals surface area contributed by atoms with Gasteiger partial charge in [0.05, 0.1) is 17.0 Å². The molecule has 10 nitrogen and oxygen atoms in total. The van der Waals surface area contributed by atoms with Gasteiger partial charge in [-0.05, 0) is 55.7 Å². The Morgan fingerprint density at radius 1 is 1.15 bits per heavy atom. The van der Waals surface area contributed by atoms with Crippen molar-refractivity contribution in [2.45, 2.75) is 38.3 Å². The molecule has 210 valence electrons. The second-order valence-electron chi connectivity index (χ2n) is 10.1. The summed E-state index contributed by atoms with van der Waals surface area (Å²) in [6, 6.07) is 10.4. The van der Waals surface area contributed by atoms with Crippen molar-refractivity contribution in [2.24, 2.45) is 0 Å². The van der Waals surface area contributed by atoms with E-state index in [-0.39, 0.29) is 51.8 Å². The number of carboxylic acid groups (broad SMARTS) is 1. The number of hydrogen-bond acceptors (Lipinski definition) is 6.